The highest BCUT2D eigenvalue weighted by Crippen LogP contribution is 2.34. The first-order chi connectivity index (χ1) is 14.9. The van der Waals surface area contributed by atoms with Crippen LogP contribution in [-0.2, 0) is 0 Å². The van der Waals surface area contributed by atoms with Crippen LogP contribution in [-0.4, -0.2) is 0 Å². The van der Waals surface area contributed by atoms with Crippen molar-refractivity contribution in [3.8, 4) is 0 Å². The van der Waals surface area contributed by atoms with Crippen molar-refractivity contribution in [1.82, 2.24) is 0 Å². The first-order valence-electron chi connectivity index (χ1n) is 14.9. The molecule has 2 rings (SSSR count). The van der Waals surface area contributed by atoms with Crippen LogP contribution in [0.3, 0.4) is 0 Å². The van der Waals surface area contributed by atoms with Crippen molar-refractivity contribution in [3.63, 3.8) is 0 Å². The third-order valence-electron chi connectivity index (χ3n) is 8.57. The van der Waals surface area contributed by atoms with Gasteiger partial charge in [-0.3, -0.25) is 0 Å². The topological polar surface area (TPSA) is 0 Å². The van der Waals surface area contributed by atoms with Crippen LogP contribution in [0.2, 0.25) is 0 Å². The molecule has 0 heteroatoms. The third kappa shape index (κ3) is 15.5. The maximum atomic E-state index is 2.49. The molecule has 0 aromatic rings. The second-order valence-corrected chi connectivity index (χ2v) is 12.3. The smallest absolute Gasteiger partial charge is 0.0412 e. The molecule has 0 aromatic heterocycles. The predicted octanol–water partition coefficient (Wildman–Crippen LogP) is 11.2. The largest absolute Gasteiger partial charge is 0.0654 e. The second kappa shape index (κ2) is 18.4. The molecule has 2 unspecified atom stereocenters. The molecule has 0 saturated heterocycles. The average molecular weight is 435 g/mol. The van der Waals surface area contributed by atoms with Gasteiger partial charge in [0.15, 0.2) is 0 Å². The molecule has 2 aliphatic rings. The molecular weight excluding hydrogens is 372 g/mol. The first-order valence-corrected chi connectivity index (χ1v) is 14.9. The van der Waals surface area contributed by atoms with Crippen LogP contribution in [0.5, 0.6) is 0 Å². The Morgan fingerprint density at radius 2 is 0.935 bits per heavy atom. The molecule has 0 bridgehead atoms. The van der Waals surface area contributed by atoms with E-state index in [1.807, 2.05) is 0 Å². The van der Waals surface area contributed by atoms with Crippen molar-refractivity contribution in [2.75, 3.05) is 0 Å². The fourth-order valence-corrected chi connectivity index (χ4v) is 6.27. The van der Waals surface area contributed by atoms with Crippen molar-refractivity contribution in [1.29, 1.82) is 0 Å². The lowest BCUT2D eigenvalue weighted by atomic mass is 9.78. The van der Waals surface area contributed by atoms with E-state index in [1.165, 1.54) is 122 Å². The molecule has 2 aliphatic carbocycles. The minimum Gasteiger partial charge on any atom is -0.0654 e. The molecule has 0 aromatic carbocycles. The lowest BCUT2D eigenvalue weighted by Crippen LogP contribution is -2.14. The Labute approximate surface area is 199 Å². The number of unbranched alkanes of at least 4 members (excludes halogenated alkanes) is 5. The van der Waals surface area contributed by atoms with Crippen LogP contribution in [0.15, 0.2) is 0 Å². The van der Waals surface area contributed by atoms with Crippen LogP contribution in [0.1, 0.15) is 164 Å². The molecular formula is C31H62. The van der Waals surface area contributed by atoms with E-state index >= 15 is 0 Å². The highest BCUT2D eigenvalue weighted by molar-refractivity contribution is 4.73. The Morgan fingerprint density at radius 3 is 1.39 bits per heavy atom. The summed E-state index contributed by atoms with van der Waals surface area (Å²) in [6.45, 7) is 14.4. The highest BCUT2D eigenvalue weighted by Gasteiger charge is 2.20. The van der Waals surface area contributed by atoms with Gasteiger partial charge in [-0.05, 0) is 48.3 Å². The minimum absolute atomic E-state index is 0.975. The van der Waals surface area contributed by atoms with Crippen LogP contribution in [0.4, 0.5) is 0 Å². The Hall–Kier alpha value is 0. The highest BCUT2D eigenvalue weighted by atomic mass is 14.3. The molecule has 0 nitrogen and oxygen atoms in total. The van der Waals surface area contributed by atoms with E-state index in [-0.39, 0.29) is 0 Å². The van der Waals surface area contributed by atoms with Gasteiger partial charge >= 0.3 is 0 Å². The molecule has 186 valence electrons. The van der Waals surface area contributed by atoms with Crippen molar-refractivity contribution in [3.05, 3.63) is 0 Å². The zero-order chi connectivity index (χ0) is 22.9. The van der Waals surface area contributed by atoms with Gasteiger partial charge in [-0.25, -0.2) is 0 Å². The van der Waals surface area contributed by atoms with E-state index in [1.54, 1.807) is 0 Å². The molecule has 2 saturated carbocycles. The summed E-state index contributed by atoms with van der Waals surface area (Å²) in [6.07, 6.45) is 28.0. The molecule has 0 aliphatic heterocycles. The summed E-state index contributed by atoms with van der Waals surface area (Å²) in [5.74, 6) is 6.11. The summed E-state index contributed by atoms with van der Waals surface area (Å²) in [5.41, 5.74) is 0. The van der Waals surface area contributed by atoms with Gasteiger partial charge in [0.1, 0.15) is 0 Å². The summed E-state index contributed by atoms with van der Waals surface area (Å²) >= 11 is 0. The van der Waals surface area contributed by atoms with Crippen molar-refractivity contribution in [2.24, 2.45) is 35.5 Å². The van der Waals surface area contributed by atoms with Gasteiger partial charge in [0.25, 0.3) is 0 Å². The Morgan fingerprint density at radius 1 is 0.516 bits per heavy atom. The van der Waals surface area contributed by atoms with Crippen LogP contribution in [0, 0.1) is 35.5 Å². The normalized spacial score (nSPS) is 28.5. The number of hydrogen-bond acceptors (Lipinski definition) is 0. The van der Waals surface area contributed by atoms with E-state index in [0.717, 1.165) is 35.5 Å². The van der Waals surface area contributed by atoms with Gasteiger partial charge in [-0.2, -0.15) is 0 Å². The summed E-state index contributed by atoms with van der Waals surface area (Å²) in [6, 6.07) is 0. The lowest BCUT2D eigenvalue weighted by Gasteiger charge is -2.28. The maximum Gasteiger partial charge on any atom is -0.0412 e. The molecule has 0 spiro atoms. The van der Waals surface area contributed by atoms with Crippen LogP contribution >= 0.6 is 0 Å². The predicted molar refractivity (Wildman–Crippen MR) is 143 cm³/mol. The van der Waals surface area contributed by atoms with Crippen LogP contribution < -0.4 is 0 Å². The summed E-state index contributed by atoms with van der Waals surface area (Å²) < 4.78 is 0. The SMILES string of the molecule is CCCC(C)CC1CCC(C)CC1.CCCCCCCCC(C)CC1CCC(C)CC1. The van der Waals surface area contributed by atoms with E-state index < -0.39 is 0 Å². The Balaban J connectivity index is 0.000000327. The molecule has 31 heavy (non-hydrogen) atoms. The van der Waals surface area contributed by atoms with E-state index in [0.29, 0.717) is 0 Å². The standard InChI is InChI=1S/C18H36.C13H26/c1-4-5-6-7-8-9-10-17(3)15-18-13-11-16(2)12-14-18;1-4-5-12(3)10-13-8-6-11(2)7-9-13/h16-18H,4-15H2,1-3H3;11-13H,4-10H2,1-3H3. The quantitative estimate of drug-likeness (QED) is 0.253. The lowest BCUT2D eigenvalue weighted by molar-refractivity contribution is 0.245. The van der Waals surface area contributed by atoms with Gasteiger partial charge in [0, 0.05) is 0 Å². The Bertz CT molecular complexity index is 369. The van der Waals surface area contributed by atoms with Gasteiger partial charge in [-0.1, -0.05) is 151 Å². The fraction of sp³-hybridized carbons (Fsp3) is 1.00. The number of hydrogen-bond donors (Lipinski definition) is 0. The van der Waals surface area contributed by atoms with Crippen molar-refractivity contribution < 1.29 is 0 Å². The zero-order valence-corrected chi connectivity index (χ0v) is 22.9. The van der Waals surface area contributed by atoms with Crippen LogP contribution in [0.25, 0.3) is 0 Å². The summed E-state index contributed by atoms with van der Waals surface area (Å²) in [5, 5.41) is 0. The first kappa shape index (κ1) is 29.0. The fourth-order valence-electron chi connectivity index (χ4n) is 6.27. The van der Waals surface area contributed by atoms with Gasteiger partial charge in [-0.15, -0.1) is 0 Å². The average Bonchev–Trinajstić information content (AvgIpc) is 2.75. The third-order valence-corrected chi connectivity index (χ3v) is 8.57. The van der Waals surface area contributed by atoms with Gasteiger partial charge in [0.05, 0.1) is 0 Å². The number of rotatable bonds is 13. The van der Waals surface area contributed by atoms with E-state index in [2.05, 4.69) is 41.5 Å². The molecule has 2 atom stereocenters. The molecule has 2 fully saturated rings. The maximum absolute atomic E-state index is 2.49. The van der Waals surface area contributed by atoms with Crippen molar-refractivity contribution >= 4 is 0 Å². The molecule has 0 radical (unpaired) electrons. The second-order valence-electron chi connectivity index (χ2n) is 12.3. The zero-order valence-electron chi connectivity index (χ0n) is 22.9. The molecule has 0 heterocycles. The molecule has 0 N–H and O–H groups in total. The molecule has 0 amide bonds. The Kier molecular flexibility index (Phi) is 17.3. The van der Waals surface area contributed by atoms with E-state index in [9.17, 15) is 0 Å². The minimum atomic E-state index is 0.975. The van der Waals surface area contributed by atoms with Gasteiger partial charge < -0.3 is 0 Å². The summed E-state index contributed by atoms with van der Waals surface area (Å²) in [7, 11) is 0. The van der Waals surface area contributed by atoms with Gasteiger partial charge in [0.2, 0.25) is 0 Å². The monoisotopic (exact) mass is 434 g/mol. The van der Waals surface area contributed by atoms with Crippen molar-refractivity contribution in [2.45, 2.75) is 164 Å². The van der Waals surface area contributed by atoms with E-state index in [4.69, 9.17) is 0 Å². The summed E-state index contributed by atoms with van der Waals surface area (Å²) in [4.78, 5) is 0.